The van der Waals surface area contributed by atoms with E-state index in [-0.39, 0.29) is 73.7 Å². The van der Waals surface area contributed by atoms with Gasteiger partial charge in [-0.2, -0.15) is 39.5 Å². The number of alkyl halides is 9. The predicted octanol–water partition coefficient (Wildman–Crippen LogP) is 7.81. The van der Waals surface area contributed by atoms with Gasteiger partial charge in [0.25, 0.3) is 0 Å². The van der Waals surface area contributed by atoms with Crippen LogP contribution in [-0.4, -0.2) is 56.0 Å². The molecule has 0 bridgehead atoms. The molecule has 6 aromatic rings. The average Bonchev–Trinajstić information content (AvgIpc) is 4.04. The number of carbonyl (C=O) groups is 3. The fourth-order valence-electron chi connectivity index (χ4n) is 3.71. The number of nitrogens with zero attached hydrogens (tertiary/aromatic N) is 4. The number of allylic oxidation sites excluding steroid dienone is 6. The maximum atomic E-state index is 11.7. The molecule has 23 heteroatoms. The Hall–Kier alpha value is -5.17. The average molecular weight is 1040 g/mol. The summed E-state index contributed by atoms with van der Waals surface area (Å²) in [4.78, 5) is 41.8. The van der Waals surface area contributed by atoms with Crippen LogP contribution >= 0.6 is 34.0 Å². The van der Waals surface area contributed by atoms with Crippen LogP contribution in [0.3, 0.4) is 0 Å². The van der Waals surface area contributed by atoms with Crippen LogP contribution in [-0.2, 0) is 0 Å². The largest absolute Gasteiger partial charge is 3.00 e. The van der Waals surface area contributed by atoms with Crippen LogP contribution in [0.2, 0.25) is 0 Å². The number of hydrogen-bond donors (Lipinski definition) is 0. The summed E-state index contributed by atoms with van der Waals surface area (Å²) < 4.78 is 105. The third-order valence-corrected chi connectivity index (χ3v) is 9.09. The van der Waals surface area contributed by atoms with E-state index in [2.05, 4.69) is 20.2 Å². The van der Waals surface area contributed by atoms with Crippen molar-refractivity contribution in [3.63, 3.8) is 0 Å². The van der Waals surface area contributed by atoms with Crippen molar-refractivity contribution in [1.29, 1.82) is 0 Å². The zero-order valence-electron chi connectivity index (χ0n) is 30.1. The van der Waals surface area contributed by atoms with Gasteiger partial charge in [-0.1, -0.05) is 30.3 Å². The second-order valence-electron chi connectivity index (χ2n) is 10.8. The van der Waals surface area contributed by atoms with Crippen LogP contribution in [0.25, 0.3) is 22.8 Å². The summed E-state index contributed by atoms with van der Waals surface area (Å²) in [7, 11) is 0. The van der Waals surface area contributed by atoms with E-state index >= 15 is 0 Å². The number of halogens is 9. The van der Waals surface area contributed by atoms with Gasteiger partial charge >= 0.3 is 59.4 Å². The maximum absolute atomic E-state index is 11.7. The Kier molecular flexibility index (Phi) is 20.7. The van der Waals surface area contributed by atoms with Gasteiger partial charge in [-0.05, 0) is 106 Å². The molecule has 0 N–H and O–H groups in total. The van der Waals surface area contributed by atoms with Crippen LogP contribution in [0.4, 0.5) is 39.5 Å². The van der Waals surface area contributed by atoms with E-state index in [1.807, 2.05) is 48.5 Å². The quantitative estimate of drug-likeness (QED) is 0.0634. The van der Waals surface area contributed by atoms with Crippen LogP contribution < -0.4 is 15.3 Å². The Morgan fingerprint density at radius 3 is 0.934 bits per heavy atom. The van der Waals surface area contributed by atoms with Crippen molar-refractivity contribution in [2.75, 3.05) is 0 Å². The summed E-state index contributed by atoms with van der Waals surface area (Å²) in [5, 5.41) is 44.1. The molecule has 0 unspecified atom stereocenters. The van der Waals surface area contributed by atoms with Crippen molar-refractivity contribution in [2.24, 2.45) is 0 Å². The maximum Gasteiger partial charge on any atom is 3.00 e. The van der Waals surface area contributed by atoms with Crippen molar-refractivity contribution < 1.29 is 110 Å². The molecule has 0 spiro atoms. The fourth-order valence-corrected chi connectivity index (χ4v) is 5.61. The molecular formula is C38H22F9N4NdO6S3. The van der Waals surface area contributed by atoms with E-state index in [0.29, 0.717) is 0 Å². The van der Waals surface area contributed by atoms with Gasteiger partial charge in [0.1, 0.15) is 11.4 Å². The number of pyridine rings is 2. The molecular weight excluding hydrogens is 1020 g/mol. The van der Waals surface area contributed by atoms with E-state index < -0.39 is 53.2 Å². The third kappa shape index (κ3) is 18.1. The molecule has 6 heterocycles. The van der Waals surface area contributed by atoms with Crippen molar-refractivity contribution >= 4 is 51.4 Å². The number of rotatable bonds is 8. The van der Waals surface area contributed by atoms with E-state index in [9.17, 15) is 69.2 Å². The number of aromatic nitrogens is 4. The first-order valence-corrected chi connectivity index (χ1v) is 18.6. The van der Waals surface area contributed by atoms with Gasteiger partial charge in [-0.15, -0.1) is 44.2 Å². The molecule has 0 saturated heterocycles. The molecule has 0 saturated carbocycles. The van der Waals surface area contributed by atoms with E-state index in [0.717, 1.165) is 56.8 Å². The summed E-state index contributed by atoms with van der Waals surface area (Å²) in [5.41, 5.74) is 3.15. The van der Waals surface area contributed by atoms with Crippen molar-refractivity contribution in [3.05, 3.63) is 164 Å². The Balaban J connectivity index is 0.000000281. The molecule has 1 radical (unpaired) electrons. The van der Waals surface area contributed by atoms with Crippen LogP contribution in [0.1, 0.15) is 29.0 Å². The monoisotopic (exact) mass is 1040 g/mol. The zero-order chi connectivity index (χ0) is 44.5. The first-order valence-electron chi connectivity index (χ1n) is 15.9. The minimum atomic E-state index is -4.98. The van der Waals surface area contributed by atoms with Gasteiger partial charge in [0, 0.05) is 12.4 Å². The molecule has 0 atom stereocenters. The molecule has 6 rings (SSSR count). The van der Waals surface area contributed by atoms with Gasteiger partial charge in [-0.25, -0.2) is 0 Å². The summed E-state index contributed by atoms with van der Waals surface area (Å²) in [5.74, 6) is -9.13. The molecule has 10 nitrogen and oxygen atoms in total. The minimum absolute atomic E-state index is 0. The molecule has 0 aromatic carbocycles. The van der Waals surface area contributed by atoms with E-state index in [1.54, 1.807) is 28.5 Å². The Labute approximate surface area is 383 Å². The second-order valence-corrected chi connectivity index (χ2v) is 13.6. The predicted molar refractivity (Wildman–Crippen MR) is 197 cm³/mol. The Bertz CT molecular complexity index is 2130. The third-order valence-electron chi connectivity index (χ3n) is 6.44. The summed E-state index contributed by atoms with van der Waals surface area (Å²) in [6.45, 7) is 0. The van der Waals surface area contributed by atoms with E-state index in [1.165, 1.54) is 36.4 Å². The first kappa shape index (κ1) is 52.0. The summed E-state index contributed by atoms with van der Waals surface area (Å²) >= 11 is 2.95. The van der Waals surface area contributed by atoms with Gasteiger partial charge in [-0.3, -0.25) is 24.4 Å². The normalized spacial score (nSPS) is 11.9. The van der Waals surface area contributed by atoms with Gasteiger partial charge < -0.3 is 15.3 Å². The topological polar surface area (TPSA) is 172 Å². The molecule has 0 aliphatic carbocycles. The summed E-state index contributed by atoms with van der Waals surface area (Å²) in [6, 6.07) is 23.8. The Morgan fingerprint density at radius 1 is 0.443 bits per heavy atom. The van der Waals surface area contributed by atoms with Crippen molar-refractivity contribution in [1.82, 2.24) is 20.2 Å². The number of hydrogen-bond acceptors (Lipinski definition) is 13. The van der Waals surface area contributed by atoms with Crippen molar-refractivity contribution in [2.45, 2.75) is 18.5 Å². The van der Waals surface area contributed by atoms with Crippen LogP contribution in [0, 0.1) is 40.8 Å². The molecule has 0 amide bonds. The van der Waals surface area contributed by atoms with E-state index in [4.69, 9.17) is 0 Å². The number of thiophene rings is 3. The molecule has 0 aliphatic heterocycles. The zero-order valence-corrected chi connectivity index (χ0v) is 35.7. The number of ketones is 3. The molecule has 315 valence electrons. The standard InChI is InChI=1S/C14H10N4.3C8H5F3O2S.Nd/c1-3-9-15-11(5-1)13-7-8-14(18-17-13)12-6-2-4-10-16-12;3*9-8(10,11)7(13)4-5(12)6-2-1-3-14-6;/h1-10H;3*1-4,13H;/q;;;;+3/p-3/b;3*7-4-;. The Morgan fingerprint density at radius 2 is 0.738 bits per heavy atom. The van der Waals surface area contributed by atoms with Gasteiger partial charge in [0.2, 0.25) is 0 Å². The SMILES string of the molecule is O=C(/C=C(\[O-])C(F)(F)F)c1cccs1.O=C(/C=C(\[O-])C(F)(F)F)c1cccs1.O=C(/C=C(\[O-])C(F)(F)F)c1cccs1.[Nd+3].c1ccc(-c2ccc(-c3ccccn3)nn2)nc1. The smallest absolute Gasteiger partial charge is 0.869 e. The minimum Gasteiger partial charge on any atom is -0.869 e. The second kappa shape index (κ2) is 24.3. The number of carbonyl (C=O) groups excluding carboxylic acids is 3. The molecule has 0 fully saturated rings. The molecule has 0 aliphatic rings. The van der Waals surface area contributed by atoms with Crippen LogP contribution in [0.15, 0.2) is 149 Å². The summed E-state index contributed by atoms with van der Waals surface area (Å²) in [6.07, 6.45) is -11.3. The van der Waals surface area contributed by atoms with Crippen molar-refractivity contribution in [3.8, 4) is 22.8 Å². The first-order chi connectivity index (χ1) is 28.2. The van der Waals surface area contributed by atoms with Gasteiger partial charge in [0.15, 0.2) is 17.3 Å². The molecule has 6 aromatic heterocycles. The fraction of sp³-hybridized carbons (Fsp3) is 0.0789. The molecule has 61 heavy (non-hydrogen) atoms. The van der Waals surface area contributed by atoms with Crippen LogP contribution in [0.5, 0.6) is 0 Å². The van der Waals surface area contributed by atoms with Gasteiger partial charge in [0.05, 0.1) is 26.0 Å².